The molecule has 1 saturated carbocycles. The number of nitrogens with zero attached hydrogens (tertiary/aromatic N) is 3. The first-order valence-electron chi connectivity index (χ1n) is 9.06. The molecule has 1 N–H and O–H groups in total. The lowest BCUT2D eigenvalue weighted by molar-refractivity contribution is 0.0943. The summed E-state index contributed by atoms with van der Waals surface area (Å²) in [6.07, 6.45) is 2.64. The highest BCUT2D eigenvalue weighted by Gasteiger charge is 2.25. The Balaban J connectivity index is 1.75. The van der Waals surface area contributed by atoms with Gasteiger partial charge in [0.15, 0.2) is 0 Å². The second-order valence-corrected chi connectivity index (χ2v) is 7.45. The Labute approximate surface area is 148 Å². The summed E-state index contributed by atoms with van der Waals surface area (Å²) < 4.78 is 4.45. The van der Waals surface area contributed by atoms with Crippen LogP contribution in [0.4, 0.5) is 0 Å². The maximum absolute atomic E-state index is 12.6. The summed E-state index contributed by atoms with van der Waals surface area (Å²) in [7, 11) is 6.02. The van der Waals surface area contributed by atoms with Crippen LogP contribution < -0.4 is 5.32 Å². The Hall–Kier alpha value is -2.27. The number of benzene rings is 1. The summed E-state index contributed by atoms with van der Waals surface area (Å²) >= 11 is 0. The molecule has 5 nitrogen and oxygen atoms in total. The summed E-state index contributed by atoms with van der Waals surface area (Å²) in [6.45, 7) is 2.55. The van der Waals surface area contributed by atoms with Crippen LogP contribution in [-0.2, 0) is 13.6 Å². The van der Waals surface area contributed by atoms with Gasteiger partial charge in [0.05, 0.1) is 16.6 Å². The molecule has 2 heterocycles. The number of nitrogens with one attached hydrogen (secondary N) is 1. The number of para-hydroxylation sites is 1. The number of aromatic nitrogens is 2. The van der Waals surface area contributed by atoms with Gasteiger partial charge in [0, 0.05) is 32.1 Å². The van der Waals surface area contributed by atoms with E-state index in [1.165, 1.54) is 29.3 Å². The van der Waals surface area contributed by atoms with Gasteiger partial charge in [0.25, 0.3) is 5.91 Å². The molecule has 1 fully saturated rings. The normalized spacial score (nSPS) is 14.7. The number of fused-ring (bicyclic) bond motifs is 3. The van der Waals surface area contributed by atoms with Gasteiger partial charge in [-0.25, -0.2) is 0 Å². The molecule has 25 heavy (non-hydrogen) atoms. The fraction of sp³-hybridized carbons (Fsp3) is 0.450. The number of rotatable bonds is 6. The molecular formula is C20H26N4O. The summed E-state index contributed by atoms with van der Waals surface area (Å²) in [4.78, 5) is 14.7. The minimum absolute atomic E-state index is 0.00241. The fourth-order valence-electron chi connectivity index (χ4n) is 3.61. The highest BCUT2D eigenvalue weighted by Crippen LogP contribution is 2.36. The zero-order chi connectivity index (χ0) is 17.6. The second kappa shape index (κ2) is 6.23. The lowest BCUT2D eigenvalue weighted by Crippen LogP contribution is -2.32. The van der Waals surface area contributed by atoms with E-state index in [1.54, 1.807) is 0 Å². The van der Waals surface area contributed by atoms with Crippen molar-refractivity contribution in [2.45, 2.75) is 19.4 Å². The van der Waals surface area contributed by atoms with Gasteiger partial charge in [0.1, 0.15) is 5.69 Å². The standard InChI is InChI=1S/C20H26N4O/c1-22(2)11-10-21-20(25)18-12-17-19(23(18)3)15-6-4-5-7-16(15)24(17)13-14-8-9-14/h4-7,12,14H,8-11,13H2,1-3H3,(H,21,25). The van der Waals surface area contributed by atoms with Crippen LogP contribution in [0.15, 0.2) is 30.3 Å². The van der Waals surface area contributed by atoms with Gasteiger partial charge in [0.2, 0.25) is 0 Å². The van der Waals surface area contributed by atoms with Crippen molar-refractivity contribution in [2.75, 3.05) is 27.2 Å². The molecule has 1 aliphatic rings. The monoisotopic (exact) mass is 338 g/mol. The molecule has 132 valence electrons. The van der Waals surface area contributed by atoms with Crippen LogP contribution in [0.1, 0.15) is 23.3 Å². The lowest BCUT2D eigenvalue weighted by Gasteiger charge is -2.11. The third kappa shape index (κ3) is 2.93. The van der Waals surface area contributed by atoms with Crippen LogP contribution in [0, 0.1) is 5.92 Å². The van der Waals surface area contributed by atoms with E-state index in [1.807, 2.05) is 25.7 Å². The molecule has 1 amide bonds. The molecule has 3 aromatic rings. The maximum Gasteiger partial charge on any atom is 0.268 e. The molecule has 0 bridgehead atoms. The summed E-state index contributed by atoms with van der Waals surface area (Å²) in [6, 6.07) is 10.6. The summed E-state index contributed by atoms with van der Waals surface area (Å²) in [5.74, 6) is 0.791. The zero-order valence-corrected chi connectivity index (χ0v) is 15.2. The predicted molar refractivity (Wildman–Crippen MR) is 102 cm³/mol. The third-order valence-corrected chi connectivity index (χ3v) is 5.17. The maximum atomic E-state index is 12.6. The molecule has 0 atom stereocenters. The Morgan fingerprint density at radius 3 is 2.72 bits per heavy atom. The van der Waals surface area contributed by atoms with Crippen molar-refractivity contribution in [1.82, 2.24) is 19.4 Å². The van der Waals surface area contributed by atoms with E-state index in [0.717, 1.165) is 30.2 Å². The smallest absolute Gasteiger partial charge is 0.268 e. The number of hydrogen-bond acceptors (Lipinski definition) is 2. The number of amides is 1. The third-order valence-electron chi connectivity index (χ3n) is 5.17. The quantitative estimate of drug-likeness (QED) is 0.751. The molecule has 5 heteroatoms. The lowest BCUT2D eigenvalue weighted by atomic mass is 10.2. The van der Waals surface area contributed by atoms with Crippen molar-refractivity contribution in [2.24, 2.45) is 13.0 Å². The molecule has 0 unspecified atom stereocenters. The minimum atomic E-state index is 0.00241. The first-order valence-corrected chi connectivity index (χ1v) is 9.06. The van der Waals surface area contributed by atoms with Crippen molar-refractivity contribution in [3.8, 4) is 0 Å². The Morgan fingerprint density at radius 1 is 1.24 bits per heavy atom. The van der Waals surface area contributed by atoms with Gasteiger partial charge in [-0.15, -0.1) is 0 Å². The van der Waals surface area contributed by atoms with E-state index in [9.17, 15) is 4.79 Å². The average Bonchev–Trinajstić information content (AvgIpc) is 3.26. The first kappa shape index (κ1) is 16.2. The Kier molecular flexibility index (Phi) is 4.04. The summed E-state index contributed by atoms with van der Waals surface area (Å²) in [5.41, 5.74) is 4.34. The average molecular weight is 338 g/mol. The molecule has 0 radical (unpaired) electrons. The van der Waals surface area contributed by atoms with Crippen LogP contribution in [0.25, 0.3) is 21.9 Å². The van der Waals surface area contributed by atoms with Crippen LogP contribution in [0.2, 0.25) is 0 Å². The Morgan fingerprint density at radius 2 is 2.00 bits per heavy atom. The van der Waals surface area contributed by atoms with E-state index >= 15 is 0 Å². The van der Waals surface area contributed by atoms with Gasteiger partial charge in [-0.1, -0.05) is 18.2 Å². The van der Waals surface area contributed by atoms with Gasteiger partial charge in [-0.05, 0) is 45.0 Å². The molecular weight excluding hydrogens is 312 g/mol. The number of carbonyl (C=O) groups excluding carboxylic acids is 1. The van der Waals surface area contributed by atoms with Crippen molar-refractivity contribution in [3.63, 3.8) is 0 Å². The van der Waals surface area contributed by atoms with Crippen LogP contribution >= 0.6 is 0 Å². The molecule has 4 rings (SSSR count). The Bertz CT molecular complexity index is 930. The molecule has 1 aromatic carbocycles. The predicted octanol–water partition coefficient (Wildman–Crippen LogP) is 2.83. The molecule has 0 aliphatic heterocycles. The highest BCUT2D eigenvalue weighted by atomic mass is 16.1. The van der Waals surface area contributed by atoms with Gasteiger partial charge >= 0.3 is 0 Å². The van der Waals surface area contributed by atoms with Crippen molar-refractivity contribution < 1.29 is 4.79 Å². The molecule has 2 aromatic heterocycles. The molecule has 1 aliphatic carbocycles. The van der Waals surface area contributed by atoms with Crippen LogP contribution in [0.3, 0.4) is 0 Å². The van der Waals surface area contributed by atoms with E-state index in [0.29, 0.717) is 6.54 Å². The summed E-state index contributed by atoms with van der Waals surface area (Å²) in [5, 5.41) is 4.26. The van der Waals surface area contributed by atoms with Crippen LogP contribution in [-0.4, -0.2) is 47.1 Å². The molecule has 0 saturated heterocycles. The van der Waals surface area contributed by atoms with Gasteiger partial charge in [-0.2, -0.15) is 0 Å². The largest absolute Gasteiger partial charge is 0.349 e. The minimum Gasteiger partial charge on any atom is -0.349 e. The van der Waals surface area contributed by atoms with Crippen molar-refractivity contribution in [3.05, 3.63) is 36.0 Å². The zero-order valence-electron chi connectivity index (χ0n) is 15.2. The van der Waals surface area contributed by atoms with E-state index < -0.39 is 0 Å². The highest BCUT2D eigenvalue weighted by molar-refractivity contribution is 6.10. The van der Waals surface area contributed by atoms with E-state index in [4.69, 9.17) is 0 Å². The fourth-order valence-corrected chi connectivity index (χ4v) is 3.61. The first-order chi connectivity index (χ1) is 12.1. The van der Waals surface area contributed by atoms with E-state index in [2.05, 4.69) is 45.1 Å². The van der Waals surface area contributed by atoms with Crippen LogP contribution in [0.5, 0.6) is 0 Å². The number of carbonyl (C=O) groups is 1. The van der Waals surface area contributed by atoms with Gasteiger partial charge < -0.3 is 19.4 Å². The number of likely N-dealkylation sites (N-methyl/N-ethyl adjacent to an activating group) is 1. The SMILES string of the molecule is CN(C)CCNC(=O)c1cc2c(c3ccccc3n2CC2CC2)n1C. The topological polar surface area (TPSA) is 42.2 Å². The number of aryl methyl sites for hydroxylation is 1. The van der Waals surface area contributed by atoms with Crippen molar-refractivity contribution >= 4 is 27.8 Å². The second-order valence-electron chi connectivity index (χ2n) is 7.45. The van der Waals surface area contributed by atoms with E-state index in [-0.39, 0.29) is 5.91 Å². The number of hydrogen-bond donors (Lipinski definition) is 1. The van der Waals surface area contributed by atoms with Gasteiger partial charge in [-0.3, -0.25) is 4.79 Å². The van der Waals surface area contributed by atoms with Crippen molar-refractivity contribution in [1.29, 1.82) is 0 Å². The molecule has 0 spiro atoms.